The molecule has 2 aromatic carbocycles. The Morgan fingerprint density at radius 1 is 1.12 bits per heavy atom. The Balaban J connectivity index is 1.78. The molecule has 3 nitrogen and oxygen atoms in total. The van der Waals surface area contributed by atoms with E-state index in [2.05, 4.69) is 0 Å². The molecule has 128 valence electrons. The predicted octanol–water partition coefficient (Wildman–Crippen LogP) is 5.32. The van der Waals surface area contributed by atoms with Crippen LogP contribution in [0.5, 0.6) is 5.75 Å². The van der Waals surface area contributed by atoms with Crippen LogP contribution in [0.15, 0.2) is 66.0 Å². The van der Waals surface area contributed by atoms with Crippen molar-refractivity contribution in [3.8, 4) is 5.75 Å². The average molecular weight is 372 g/mol. The van der Waals surface area contributed by atoms with Crippen LogP contribution in [0.25, 0.3) is 0 Å². The second-order valence-electron chi connectivity index (χ2n) is 5.62. The minimum Gasteiger partial charge on any atom is -0.484 e. The minimum absolute atomic E-state index is 0.0416. The quantitative estimate of drug-likeness (QED) is 0.586. The molecule has 3 aromatic rings. The molecule has 0 aliphatic heterocycles. The van der Waals surface area contributed by atoms with Crippen LogP contribution in [-0.4, -0.2) is 12.5 Å². The van der Waals surface area contributed by atoms with E-state index >= 15 is 0 Å². The van der Waals surface area contributed by atoms with E-state index in [9.17, 15) is 4.79 Å². The number of ether oxygens (including phenoxy) is 1. The smallest absolute Gasteiger partial charge is 0.265 e. The zero-order chi connectivity index (χ0) is 17.6. The lowest BCUT2D eigenvalue weighted by molar-refractivity contribution is -0.120. The lowest BCUT2D eigenvalue weighted by Gasteiger charge is -2.23. The molecule has 0 aliphatic rings. The molecule has 0 aliphatic carbocycles. The topological polar surface area (TPSA) is 29.5 Å². The van der Waals surface area contributed by atoms with Crippen molar-refractivity contribution in [1.29, 1.82) is 0 Å². The van der Waals surface area contributed by atoms with E-state index < -0.39 is 0 Å². The number of benzene rings is 2. The molecule has 1 aromatic heterocycles. The van der Waals surface area contributed by atoms with Gasteiger partial charge in [0.05, 0.1) is 17.3 Å². The normalized spacial score (nSPS) is 10.5. The number of aryl methyl sites for hydroxylation is 1. The molecule has 0 atom stereocenters. The fourth-order valence-electron chi connectivity index (χ4n) is 2.46. The van der Waals surface area contributed by atoms with Gasteiger partial charge in [-0.25, -0.2) is 0 Å². The van der Waals surface area contributed by atoms with Gasteiger partial charge in [0.2, 0.25) is 0 Å². The minimum atomic E-state index is -0.136. The van der Waals surface area contributed by atoms with Crippen LogP contribution in [0, 0.1) is 6.92 Å². The van der Waals surface area contributed by atoms with Crippen molar-refractivity contribution in [2.45, 2.75) is 13.5 Å². The Morgan fingerprint density at radius 3 is 2.68 bits per heavy atom. The summed E-state index contributed by atoms with van der Waals surface area (Å²) in [5.41, 5.74) is 1.78. The van der Waals surface area contributed by atoms with Gasteiger partial charge in [0.15, 0.2) is 6.61 Å². The molecule has 0 spiro atoms. The number of carbonyl (C=O) groups is 1. The lowest BCUT2D eigenvalue weighted by atomic mass is 10.2. The molecule has 0 N–H and O–H groups in total. The lowest BCUT2D eigenvalue weighted by Crippen LogP contribution is -2.34. The third-order valence-electron chi connectivity index (χ3n) is 3.69. The summed E-state index contributed by atoms with van der Waals surface area (Å²) in [7, 11) is 0. The molecule has 0 radical (unpaired) electrons. The van der Waals surface area contributed by atoms with E-state index in [1.807, 2.05) is 66.9 Å². The molecule has 0 unspecified atom stereocenters. The maximum Gasteiger partial charge on any atom is 0.265 e. The largest absolute Gasteiger partial charge is 0.484 e. The van der Waals surface area contributed by atoms with Crippen LogP contribution in [0.4, 0.5) is 5.69 Å². The molecule has 0 fully saturated rings. The van der Waals surface area contributed by atoms with Crippen molar-refractivity contribution >= 4 is 34.5 Å². The SMILES string of the molecule is Cc1cccc(OCC(=O)N(Cc2cccs2)c2ccccc2Cl)c1. The fraction of sp³-hybridized carbons (Fsp3) is 0.150. The van der Waals surface area contributed by atoms with Gasteiger partial charge in [-0.3, -0.25) is 4.79 Å². The summed E-state index contributed by atoms with van der Waals surface area (Å²) in [6.45, 7) is 2.42. The maximum absolute atomic E-state index is 12.8. The highest BCUT2D eigenvalue weighted by molar-refractivity contribution is 7.09. The van der Waals surface area contributed by atoms with E-state index in [1.54, 1.807) is 22.3 Å². The second kappa shape index (κ2) is 8.19. The molecule has 0 saturated carbocycles. The van der Waals surface area contributed by atoms with Gasteiger partial charge in [0.25, 0.3) is 5.91 Å². The number of thiophene rings is 1. The van der Waals surface area contributed by atoms with Gasteiger partial charge in [-0.1, -0.05) is 41.9 Å². The van der Waals surface area contributed by atoms with Crippen molar-refractivity contribution in [1.82, 2.24) is 0 Å². The van der Waals surface area contributed by atoms with Crippen molar-refractivity contribution in [3.05, 3.63) is 81.5 Å². The van der Waals surface area contributed by atoms with Crippen LogP contribution >= 0.6 is 22.9 Å². The van der Waals surface area contributed by atoms with Crippen LogP contribution < -0.4 is 9.64 Å². The average Bonchev–Trinajstić information content (AvgIpc) is 3.12. The number of rotatable bonds is 6. The van der Waals surface area contributed by atoms with Gasteiger partial charge in [0.1, 0.15) is 5.75 Å². The van der Waals surface area contributed by atoms with E-state index in [0.717, 1.165) is 10.4 Å². The highest BCUT2D eigenvalue weighted by atomic mass is 35.5. The first kappa shape index (κ1) is 17.5. The van der Waals surface area contributed by atoms with Gasteiger partial charge in [-0.15, -0.1) is 11.3 Å². The molecule has 1 heterocycles. The van der Waals surface area contributed by atoms with E-state index in [4.69, 9.17) is 16.3 Å². The van der Waals surface area contributed by atoms with Crippen LogP contribution in [0.3, 0.4) is 0 Å². The van der Waals surface area contributed by atoms with Crippen molar-refractivity contribution in [3.63, 3.8) is 0 Å². The molecule has 0 saturated heterocycles. The van der Waals surface area contributed by atoms with Crippen LogP contribution in [0.1, 0.15) is 10.4 Å². The predicted molar refractivity (Wildman–Crippen MR) is 104 cm³/mol. The maximum atomic E-state index is 12.8. The molecule has 25 heavy (non-hydrogen) atoms. The van der Waals surface area contributed by atoms with Gasteiger partial charge in [0, 0.05) is 4.88 Å². The second-order valence-corrected chi connectivity index (χ2v) is 7.06. The Morgan fingerprint density at radius 2 is 1.96 bits per heavy atom. The number of halogens is 1. The monoisotopic (exact) mass is 371 g/mol. The van der Waals surface area contributed by atoms with E-state index in [-0.39, 0.29) is 12.5 Å². The number of para-hydroxylation sites is 1. The van der Waals surface area contributed by atoms with Gasteiger partial charge >= 0.3 is 0 Å². The molecule has 3 rings (SSSR count). The zero-order valence-corrected chi connectivity index (χ0v) is 15.4. The van der Waals surface area contributed by atoms with Crippen molar-refractivity contribution in [2.24, 2.45) is 0 Å². The highest BCUT2D eigenvalue weighted by Gasteiger charge is 2.19. The highest BCUT2D eigenvalue weighted by Crippen LogP contribution is 2.28. The Labute approximate surface area is 156 Å². The molecular formula is C20H18ClNO2S. The first-order valence-electron chi connectivity index (χ1n) is 7.90. The third kappa shape index (κ3) is 4.62. The number of carbonyl (C=O) groups excluding carboxylic acids is 1. The fourth-order valence-corrected chi connectivity index (χ4v) is 3.40. The first-order chi connectivity index (χ1) is 12.1. The first-order valence-corrected chi connectivity index (χ1v) is 9.16. The Hall–Kier alpha value is -2.30. The van der Waals surface area contributed by atoms with Crippen molar-refractivity contribution in [2.75, 3.05) is 11.5 Å². The Bertz CT molecular complexity index is 848. The summed E-state index contributed by atoms with van der Waals surface area (Å²) in [5, 5.41) is 2.54. The standard InChI is InChI=1S/C20H18ClNO2S/c1-15-6-4-7-16(12-15)24-14-20(23)22(13-17-8-5-11-25-17)19-10-3-2-9-18(19)21/h2-12H,13-14H2,1H3. The molecule has 5 heteroatoms. The van der Waals surface area contributed by atoms with Crippen LogP contribution in [-0.2, 0) is 11.3 Å². The number of nitrogens with zero attached hydrogens (tertiary/aromatic N) is 1. The summed E-state index contributed by atoms with van der Waals surface area (Å²) in [6, 6.07) is 19.0. The number of hydrogen-bond acceptors (Lipinski definition) is 3. The summed E-state index contributed by atoms with van der Waals surface area (Å²) in [5.74, 6) is 0.548. The third-order valence-corrected chi connectivity index (χ3v) is 4.87. The summed E-state index contributed by atoms with van der Waals surface area (Å²) in [6.07, 6.45) is 0. The number of hydrogen-bond donors (Lipinski definition) is 0. The van der Waals surface area contributed by atoms with Gasteiger partial charge < -0.3 is 9.64 Å². The number of anilines is 1. The summed E-state index contributed by atoms with van der Waals surface area (Å²) < 4.78 is 5.68. The molecule has 1 amide bonds. The molecular weight excluding hydrogens is 354 g/mol. The van der Waals surface area contributed by atoms with E-state index in [0.29, 0.717) is 23.0 Å². The Kier molecular flexibility index (Phi) is 5.74. The summed E-state index contributed by atoms with van der Waals surface area (Å²) >= 11 is 7.92. The van der Waals surface area contributed by atoms with E-state index in [1.165, 1.54) is 0 Å². The van der Waals surface area contributed by atoms with Gasteiger partial charge in [-0.2, -0.15) is 0 Å². The summed E-state index contributed by atoms with van der Waals surface area (Å²) in [4.78, 5) is 15.6. The van der Waals surface area contributed by atoms with Crippen molar-refractivity contribution < 1.29 is 9.53 Å². The van der Waals surface area contributed by atoms with Gasteiger partial charge in [-0.05, 0) is 48.2 Å². The molecule has 0 bridgehead atoms. The number of amides is 1. The zero-order valence-electron chi connectivity index (χ0n) is 13.8. The van der Waals surface area contributed by atoms with Crippen LogP contribution in [0.2, 0.25) is 5.02 Å².